The lowest BCUT2D eigenvalue weighted by atomic mass is 9.76. The highest BCUT2D eigenvalue weighted by molar-refractivity contribution is 6.31. The van der Waals surface area contributed by atoms with Crippen LogP contribution in [0.25, 0.3) is 48.9 Å². The van der Waals surface area contributed by atoms with E-state index in [1.54, 1.807) is 0 Å². The summed E-state index contributed by atoms with van der Waals surface area (Å²) in [6, 6.07) is 26.2. The minimum Gasteiger partial charge on any atom is -0.354 e. The van der Waals surface area contributed by atoms with Gasteiger partial charge >= 0.3 is 0 Å². The smallest absolute Gasteiger partial charge is 0.0585 e. The Morgan fingerprint density at radius 1 is 0.829 bits per heavy atom. The zero-order chi connectivity index (χ0) is 22.9. The second-order valence-corrected chi connectivity index (χ2v) is 9.73. The Morgan fingerprint density at radius 2 is 1.63 bits per heavy atom. The molecule has 0 fully saturated rings. The van der Waals surface area contributed by atoms with Gasteiger partial charge in [0.1, 0.15) is 0 Å². The van der Waals surface area contributed by atoms with Gasteiger partial charge in [-0.2, -0.15) is 0 Å². The number of rotatable bonds is 1. The Bertz CT molecular complexity index is 1840. The van der Waals surface area contributed by atoms with E-state index in [1.807, 2.05) is 0 Å². The van der Waals surface area contributed by atoms with Crippen molar-refractivity contribution in [2.75, 3.05) is 0 Å². The van der Waals surface area contributed by atoms with Gasteiger partial charge in [0.2, 0.25) is 0 Å². The van der Waals surface area contributed by atoms with E-state index in [2.05, 4.69) is 125 Å². The van der Waals surface area contributed by atoms with Gasteiger partial charge in [-0.25, -0.2) is 0 Å². The third kappa shape index (κ3) is 2.65. The molecule has 1 aliphatic carbocycles. The molecule has 5 aromatic rings. The van der Waals surface area contributed by atoms with Crippen molar-refractivity contribution in [3.8, 4) is 0 Å². The molecule has 2 atom stereocenters. The van der Waals surface area contributed by atoms with Crippen LogP contribution in [-0.4, -0.2) is 15.9 Å². The summed E-state index contributed by atoms with van der Waals surface area (Å²) in [5.74, 6) is 0.457. The molecule has 0 saturated heterocycles. The highest BCUT2D eigenvalue weighted by Gasteiger charge is 2.34. The molecule has 0 spiro atoms. The number of H-pyrrole nitrogens is 1. The Labute approximate surface area is 203 Å². The van der Waals surface area contributed by atoms with Crippen molar-refractivity contribution in [1.29, 1.82) is 0 Å². The number of benzene rings is 4. The monoisotopic (exact) mass is 447 g/mol. The second kappa shape index (κ2) is 7.10. The van der Waals surface area contributed by atoms with Crippen molar-refractivity contribution >= 4 is 48.9 Å². The lowest BCUT2D eigenvalue weighted by Gasteiger charge is -2.41. The second-order valence-electron chi connectivity index (χ2n) is 9.73. The number of fused-ring (bicyclic) bond motifs is 11. The molecule has 1 radical (unpaired) electrons. The largest absolute Gasteiger partial charge is 0.354 e. The van der Waals surface area contributed by atoms with Gasteiger partial charge in [0.25, 0.3) is 0 Å². The standard InChI is InChI=1S/C33H23N2/c1-4-12-25-24(11-1)29(20-35-18-8-7-15-31(25)35)21-16-17-30-28(19-21)32-26-13-5-2-9-22(26)23-10-3-6-14-27(23)33(32)34-30/h1-11,13-18,20,25,31,34H,12H2. The summed E-state index contributed by atoms with van der Waals surface area (Å²) >= 11 is 0. The molecular weight excluding hydrogens is 424 g/mol. The van der Waals surface area contributed by atoms with Crippen LogP contribution in [0, 0.1) is 12.0 Å². The molecule has 3 heterocycles. The van der Waals surface area contributed by atoms with Crippen LogP contribution in [0.5, 0.6) is 0 Å². The normalized spacial score (nSPS) is 21.0. The van der Waals surface area contributed by atoms with Crippen LogP contribution in [0.4, 0.5) is 0 Å². The fourth-order valence-corrected chi connectivity index (χ4v) is 6.32. The molecule has 8 rings (SSSR count). The van der Waals surface area contributed by atoms with E-state index in [1.165, 1.54) is 49.0 Å². The number of nitrogens with one attached hydrogen (secondary N) is 1. The van der Waals surface area contributed by atoms with E-state index in [0.717, 1.165) is 17.5 Å². The summed E-state index contributed by atoms with van der Waals surface area (Å²) in [4.78, 5) is 6.11. The van der Waals surface area contributed by atoms with Gasteiger partial charge in [0.15, 0.2) is 0 Å². The van der Waals surface area contributed by atoms with Crippen molar-refractivity contribution in [3.05, 3.63) is 127 Å². The zero-order valence-corrected chi connectivity index (χ0v) is 19.2. The Morgan fingerprint density at radius 3 is 2.51 bits per heavy atom. The highest BCUT2D eigenvalue weighted by Crippen LogP contribution is 2.44. The van der Waals surface area contributed by atoms with Gasteiger partial charge in [0, 0.05) is 51.6 Å². The molecule has 2 nitrogen and oxygen atoms in total. The molecule has 165 valence electrons. The van der Waals surface area contributed by atoms with E-state index in [9.17, 15) is 0 Å². The van der Waals surface area contributed by atoms with Gasteiger partial charge in [-0.1, -0.05) is 85.0 Å². The van der Waals surface area contributed by atoms with Crippen LogP contribution >= 0.6 is 0 Å². The Balaban J connectivity index is 1.43. The van der Waals surface area contributed by atoms with Crippen LogP contribution in [0.2, 0.25) is 0 Å². The first-order chi connectivity index (χ1) is 17.4. The van der Waals surface area contributed by atoms with Gasteiger partial charge < -0.3 is 9.88 Å². The molecule has 2 heteroatoms. The fourth-order valence-electron chi connectivity index (χ4n) is 6.32. The van der Waals surface area contributed by atoms with E-state index in [0.29, 0.717) is 12.0 Å². The summed E-state index contributed by atoms with van der Waals surface area (Å²) in [6.07, 6.45) is 19.0. The molecule has 4 aromatic carbocycles. The van der Waals surface area contributed by atoms with Gasteiger partial charge in [-0.15, -0.1) is 0 Å². The van der Waals surface area contributed by atoms with Crippen LogP contribution in [0.3, 0.4) is 0 Å². The molecule has 0 bridgehead atoms. The predicted molar refractivity (Wildman–Crippen MR) is 147 cm³/mol. The minimum atomic E-state index is 0.382. The third-order valence-electron chi connectivity index (χ3n) is 7.90. The number of hydrogen-bond donors (Lipinski definition) is 1. The maximum Gasteiger partial charge on any atom is 0.0585 e. The van der Waals surface area contributed by atoms with Crippen LogP contribution < -0.4 is 0 Å². The lowest BCUT2D eigenvalue weighted by Crippen LogP contribution is -2.38. The zero-order valence-electron chi connectivity index (χ0n) is 19.2. The van der Waals surface area contributed by atoms with E-state index >= 15 is 0 Å². The number of allylic oxidation sites excluding steroid dienone is 6. The van der Waals surface area contributed by atoms with Gasteiger partial charge in [0.05, 0.1) is 11.6 Å². The number of nitrogens with zero attached hydrogens (tertiary/aromatic N) is 1. The number of aromatic amines is 1. The lowest BCUT2D eigenvalue weighted by molar-refractivity contribution is 0.326. The van der Waals surface area contributed by atoms with Gasteiger partial charge in [-0.05, 0) is 45.9 Å². The average Bonchev–Trinajstić information content (AvgIpc) is 3.32. The molecule has 1 aromatic heterocycles. The van der Waals surface area contributed by atoms with Crippen molar-refractivity contribution in [1.82, 2.24) is 9.88 Å². The third-order valence-corrected chi connectivity index (χ3v) is 7.90. The molecule has 1 N–H and O–H groups in total. The summed E-state index contributed by atoms with van der Waals surface area (Å²) in [7, 11) is 0. The fraction of sp³-hybridized carbons (Fsp3) is 0.0909. The van der Waals surface area contributed by atoms with Crippen molar-refractivity contribution in [2.45, 2.75) is 12.5 Å². The van der Waals surface area contributed by atoms with E-state index in [4.69, 9.17) is 0 Å². The van der Waals surface area contributed by atoms with E-state index < -0.39 is 0 Å². The maximum absolute atomic E-state index is 3.87. The number of hydrogen-bond acceptors (Lipinski definition) is 1. The molecule has 0 saturated carbocycles. The average molecular weight is 448 g/mol. The highest BCUT2D eigenvalue weighted by atomic mass is 15.1. The summed E-state index contributed by atoms with van der Waals surface area (Å²) in [5.41, 5.74) is 6.18. The molecule has 3 aliphatic rings. The first-order valence-electron chi connectivity index (χ1n) is 12.4. The molecular formula is C33H23N2. The minimum absolute atomic E-state index is 0.382. The molecule has 2 aliphatic heterocycles. The van der Waals surface area contributed by atoms with Crippen LogP contribution in [0.1, 0.15) is 12.0 Å². The first kappa shape index (κ1) is 19.1. The van der Waals surface area contributed by atoms with Crippen LogP contribution in [0.15, 0.2) is 115 Å². The Hall–Kier alpha value is -4.30. The maximum atomic E-state index is 3.87. The summed E-state index contributed by atoms with van der Waals surface area (Å²) < 4.78 is 0. The molecule has 35 heavy (non-hydrogen) atoms. The topological polar surface area (TPSA) is 19.0 Å². The number of aromatic nitrogens is 1. The summed E-state index contributed by atoms with van der Waals surface area (Å²) in [6.45, 7) is 0. The van der Waals surface area contributed by atoms with Crippen LogP contribution in [-0.2, 0) is 0 Å². The first-order valence-corrected chi connectivity index (χ1v) is 12.4. The molecule has 2 unspecified atom stereocenters. The predicted octanol–water partition coefficient (Wildman–Crippen LogP) is 8.04. The quantitative estimate of drug-likeness (QED) is 0.258. The molecule has 0 amide bonds. The SMILES string of the molecule is [c]1c(C2=CN3C=CC=CC3C3CC=CC=C23)ccc2[nH]c3c4ccccc4c4ccccc4c3c12. The van der Waals surface area contributed by atoms with Gasteiger partial charge in [-0.3, -0.25) is 0 Å². The van der Waals surface area contributed by atoms with E-state index in [-0.39, 0.29) is 0 Å². The summed E-state index contributed by atoms with van der Waals surface area (Å²) in [5, 5.41) is 7.55. The van der Waals surface area contributed by atoms with Crippen molar-refractivity contribution in [2.24, 2.45) is 5.92 Å². The van der Waals surface area contributed by atoms with Crippen molar-refractivity contribution in [3.63, 3.8) is 0 Å². The Kier molecular flexibility index (Phi) is 3.86. The van der Waals surface area contributed by atoms with Crippen molar-refractivity contribution < 1.29 is 0 Å².